The highest BCUT2D eigenvalue weighted by atomic mass is 35.5. The molecule has 5 N–H and O–H groups in total. The zero-order valence-corrected chi connectivity index (χ0v) is 25.0. The molecule has 222 valence electrons. The van der Waals surface area contributed by atoms with E-state index in [1.165, 1.54) is 0 Å². The van der Waals surface area contributed by atoms with E-state index in [1.807, 2.05) is 48.5 Å². The maximum Gasteiger partial charge on any atom is 0.421 e. The summed E-state index contributed by atoms with van der Waals surface area (Å²) in [5.41, 5.74) is 2.04. The Balaban J connectivity index is 0.00000294. The van der Waals surface area contributed by atoms with Crippen molar-refractivity contribution in [1.29, 1.82) is 10.8 Å². The lowest BCUT2D eigenvalue weighted by molar-refractivity contribution is 0.130. The van der Waals surface area contributed by atoms with Crippen molar-refractivity contribution in [1.82, 2.24) is 13.9 Å². The van der Waals surface area contributed by atoms with Gasteiger partial charge in [-0.05, 0) is 59.7 Å². The van der Waals surface area contributed by atoms with Crippen LogP contribution in [0.3, 0.4) is 0 Å². The van der Waals surface area contributed by atoms with Crippen molar-refractivity contribution in [3.05, 3.63) is 71.8 Å². The third-order valence-corrected chi connectivity index (χ3v) is 8.01. The van der Waals surface area contributed by atoms with E-state index in [1.54, 1.807) is 19.1 Å². The van der Waals surface area contributed by atoms with Gasteiger partial charge >= 0.3 is 16.3 Å². The lowest BCUT2D eigenvalue weighted by atomic mass is 10.0. The van der Waals surface area contributed by atoms with E-state index < -0.39 is 16.3 Å². The largest absolute Gasteiger partial charge is 0.490 e. The van der Waals surface area contributed by atoms with Crippen molar-refractivity contribution in [2.24, 2.45) is 0 Å². The molecule has 1 aliphatic heterocycles. The number of ether oxygens (including phenoxy) is 1. The highest BCUT2D eigenvalue weighted by molar-refractivity contribution is 7.87. The molecule has 1 heterocycles. The third kappa shape index (κ3) is 8.70. The van der Waals surface area contributed by atoms with Gasteiger partial charge in [0.05, 0.1) is 5.84 Å². The third-order valence-electron chi connectivity index (χ3n) is 6.62. The molecule has 1 fully saturated rings. The number of amidine groups is 2. The molecule has 1 amide bonds. The number of carbonyl (C=O) groups is 1. The number of rotatable bonds is 8. The van der Waals surface area contributed by atoms with E-state index >= 15 is 0 Å². The first-order valence-corrected chi connectivity index (χ1v) is 13.9. The number of likely N-dealkylation sites (tertiary alicyclic amines) is 1. The maximum absolute atomic E-state index is 12.1. The number of benzene rings is 3. The van der Waals surface area contributed by atoms with E-state index in [0.29, 0.717) is 17.0 Å². The van der Waals surface area contributed by atoms with Crippen molar-refractivity contribution >= 4 is 69.2 Å². The molecule has 1 aliphatic rings. The van der Waals surface area contributed by atoms with E-state index in [-0.39, 0.29) is 47.6 Å². The van der Waals surface area contributed by atoms with Crippen molar-refractivity contribution in [2.75, 3.05) is 25.5 Å². The molecule has 3 aromatic carbocycles. The zero-order valence-electron chi connectivity index (χ0n) is 22.6. The molecule has 0 saturated carbocycles. The van der Waals surface area contributed by atoms with Crippen molar-refractivity contribution < 1.29 is 23.1 Å². The minimum atomic E-state index is -4.16. The second-order valence-corrected chi connectivity index (χ2v) is 11.2. The van der Waals surface area contributed by atoms with Gasteiger partial charge in [0.2, 0.25) is 0 Å². The molecule has 14 heteroatoms. The Morgan fingerprint density at radius 3 is 2.27 bits per heavy atom. The summed E-state index contributed by atoms with van der Waals surface area (Å²) in [6.45, 7) is 3.37. The standard InChI is InChI=1S/C27H32N6O5S.2ClH/c1-18(28)33-13-11-25(12-14-33)38-24-9-7-23(8-10-24)31-26(29)21-6-5-20-4-3-19(15-22(20)16-21)17-30-39(36,37)32(2)27(34)35;;/h3-10,15-16,25,28,30H,11-14,17H2,1-2H3,(H2,29,31)(H,34,35);2*1H. The predicted molar refractivity (Wildman–Crippen MR) is 166 cm³/mol. The van der Waals surface area contributed by atoms with Crippen LogP contribution in [0.5, 0.6) is 5.75 Å². The van der Waals surface area contributed by atoms with Gasteiger partial charge < -0.3 is 20.1 Å². The fourth-order valence-corrected chi connectivity index (χ4v) is 5.02. The topological polar surface area (TPSA) is 159 Å². The zero-order chi connectivity index (χ0) is 28.2. The Hall–Kier alpha value is -3.58. The summed E-state index contributed by atoms with van der Waals surface area (Å²) in [5.74, 6) is 1.56. The van der Waals surface area contributed by atoms with E-state index in [9.17, 15) is 13.2 Å². The molecule has 41 heavy (non-hydrogen) atoms. The van der Waals surface area contributed by atoms with Crippen LogP contribution >= 0.6 is 24.8 Å². The molecule has 0 unspecified atom stereocenters. The number of carboxylic acid groups (broad SMARTS) is 1. The summed E-state index contributed by atoms with van der Waals surface area (Å²) in [4.78, 5) is 13.0. The first kappa shape index (κ1) is 33.6. The number of hydrogen-bond donors (Lipinski definition) is 5. The van der Waals surface area contributed by atoms with Gasteiger partial charge in [-0.3, -0.25) is 10.8 Å². The van der Waals surface area contributed by atoms with Crippen LogP contribution in [0, 0.1) is 10.8 Å². The molecular formula is C27H34Cl2N6O5S. The van der Waals surface area contributed by atoms with Gasteiger partial charge in [0.1, 0.15) is 17.7 Å². The minimum absolute atomic E-state index is 0. The van der Waals surface area contributed by atoms with Crippen LogP contribution in [-0.2, 0) is 16.8 Å². The number of hydrogen-bond acceptors (Lipinski definition) is 6. The van der Waals surface area contributed by atoms with Crippen LogP contribution in [0.25, 0.3) is 10.8 Å². The molecule has 0 aliphatic carbocycles. The van der Waals surface area contributed by atoms with Gasteiger partial charge in [-0.1, -0.05) is 24.3 Å². The van der Waals surface area contributed by atoms with Crippen molar-refractivity contribution in [3.63, 3.8) is 0 Å². The second kappa shape index (κ2) is 14.4. The molecule has 0 radical (unpaired) electrons. The van der Waals surface area contributed by atoms with Crippen LogP contribution in [-0.4, -0.2) is 66.7 Å². The highest BCUT2D eigenvalue weighted by Crippen LogP contribution is 2.23. The average molecular weight is 626 g/mol. The fraction of sp³-hybridized carbons (Fsp3) is 0.296. The van der Waals surface area contributed by atoms with Crippen LogP contribution in [0.1, 0.15) is 30.9 Å². The predicted octanol–water partition coefficient (Wildman–Crippen LogP) is 4.91. The smallest absolute Gasteiger partial charge is 0.421 e. The first-order valence-electron chi connectivity index (χ1n) is 12.4. The maximum atomic E-state index is 12.1. The van der Waals surface area contributed by atoms with Crippen molar-refractivity contribution in [2.45, 2.75) is 32.4 Å². The summed E-state index contributed by atoms with van der Waals surface area (Å²) in [6.07, 6.45) is 0.286. The van der Waals surface area contributed by atoms with Gasteiger partial charge in [0, 0.05) is 50.8 Å². The Morgan fingerprint density at radius 1 is 1.02 bits per heavy atom. The first-order chi connectivity index (χ1) is 18.5. The Kier molecular flexibility index (Phi) is 11.8. The number of piperidine rings is 1. The van der Waals surface area contributed by atoms with Gasteiger partial charge in [0.25, 0.3) is 0 Å². The average Bonchev–Trinajstić information content (AvgIpc) is 2.92. The van der Waals surface area contributed by atoms with E-state index in [4.69, 9.17) is 20.7 Å². The van der Waals surface area contributed by atoms with Gasteiger partial charge in [-0.15, -0.1) is 24.8 Å². The molecule has 0 atom stereocenters. The molecular weight excluding hydrogens is 591 g/mol. The highest BCUT2D eigenvalue weighted by Gasteiger charge is 2.22. The van der Waals surface area contributed by atoms with Crippen LogP contribution in [0.4, 0.5) is 10.5 Å². The number of nitrogens with zero attached hydrogens (tertiary/aromatic N) is 2. The number of anilines is 1. The molecule has 0 bridgehead atoms. The summed E-state index contributed by atoms with van der Waals surface area (Å²) < 4.78 is 32.7. The quantitative estimate of drug-likeness (QED) is 0.176. The normalized spacial score (nSPS) is 13.5. The monoisotopic (exact) mass is 624 g/mol. The van der Waals surface area contributed by atoms with Crippen molar-refractivity contribution in [3.8, 4) is 5.75 Å². The summed E-state index contributed by atoms with van der Waals surface area (Å²) in [7, 11) is -3.20. The number of nitrogens with one attached hydrogen (secondary N) is 4. The van der Waals surface area contributed by atoms with Gasteiger partial charge in [-0.25, -0.2) is 4.79 Å². The molecule has 0 aromatic heterocycles. The van der Waals surface area contributed by atoms with E-state index in [0.717, 1.165) is 55.2 Å². The fourth-order valence-electron chi connectivity index (χ4n) is 4.27. The van der Waals surface area contributed by atoms with Crippen LogP contribution in [0.15, 0.2) is 60.7 Å². The molecule has 1 saturated heterocycles. The van der Waals surface area contributed by atoms with Gasteiger partial charge in [-0.2, -0.15) is 17.4 Å². The minimum Gasteiger partial charge on any atom is -0.490 e. The van der Waals surface area contributed by atoms with Gasteiger partial charge in [0.15, 0.2) is 0 Å². The number of fused-ring (bicyclic) bond motifs is 1. The van der Waals surface area contributed by atoms with Crippen LogP contribution in [0.2, 0.25) is 0 Å². The summed E-state index contributed by atoms with van der Waals surface area (Å²) in [6, 6.07) is 18.4. The second-order valence-electron chi connectivity index (χ2n) is 9.39. The molecule has 3 aromatic rings. The Bertz CT molecular complexity index is 1500. The molecule has 0 spiro atoms. The number of halogens is 2. The lowest BCUT2D eigenvalue weighted by Crippen LogP contribution is -2.40. The summed E-state index contributed by atoms with van der Waals surface area (Å²) >= 11 is 0. The molecule has 11 nitrogen and oxygen atoms in total. The number of amides is 1. The Morgan fingerprint density at radius 2 is 1.66 bits per heavy atom. The van der Waals surface area contributed by atoms with Crippen LogP contribution < -0.4 is 14.8 Å². The Labute approximate surface area is 251 Å². The molecule has 4 rings (SSSR count). The SMILES string of the molecule is CC(=N)N1CCC(Oc2ccc(NC(=N)c3ccc4ccc(CNS(=O)(=O)N(C)C(=O)O)cc4c3)cc2)CC1.Cl.Cl. The summed E-state index contributed by atoms with van der Waals surface area (Å²) in [5, 5.41) is 30.0. The van der Waals surface area contributed by atoms with E-state index in [2.05, 4.69) is 14.9 Å². The lowest BCUT2D eigenvalue weighted by Gasteiger charge is -2.32.